The van der Waals surface area contributed by atoms with E-state index in [1.165, 1.54) is 6.08 Å². The number of aromatic nitrogens is 1. The molecule has 0 aliphatic rings. The van der Waals surface area contributed by atoms with Gasteiger partial charge in [-0.1, -0.05) is 61.5 Å². The molecule has 0 atom stereocenters. The summed E-state index contributed by atoms with van der Waals surface area (Å²) < 4.78 is 7.31. The van der Waals surface area contributed by atoms with Gasteiger partial charge in [0.1, 0.15) is 17.7 Å². The average molecular weight is 424 g/mol. The van der Waals surface area contributed by atoms with Gasteiger partial charge in [0.15, 0.2) is 0 Å². The van der Waals surface area contributed by atoms with Crippen molar-refractivity contribution in [1.29, 1.82) is 10.5 Å². The number of fused-ring (bicyclic) bond motifs is 1. The van der Waals surface area contributed by atoms with Crippen molar-refractivity contribution < 1.29 is 9.53 Å². The molecule has 0 bridgehead atoms. The Morgan fingerprint density at radius 3 is 2.38 bits per heavy atom. The topological polar surface area (TPSA) is 78.8 Å². The molecule has 32 heavy (non-hydrogen) atoms. The van der Waals surface area contributed by atoms with Crippen LogP contribution >= 0.6 is 0 Å². The number of nitrogens with zero attached hydrogens (tertiary/aromatic N) is 3. The van der Waals surface area contributed by atoms with E-state index in [9.17, 15) is 15.3 Å². The third-order valence-corrected chi connectivity index (χ3v) is 5.27. The first-order valence-electron chi connectivity index (χ1n) is 10.7. The van der Waals surface area contributed by atoms with Crippen molar-refractivity contribution in [3.05, 3.63) is 78.4 Å². The normalized spacial score (nSPS) is 10.2. The van der Waals surface area contributed by atoms with E-state index >= 15 is 0 Å². The largest absolute Gasteiger partial charge is 0.463 e. The van der Waals surface area contributed by atoms with E-state index in [-0.39, 0.29) is 11.5 Å². The van der Waals surface area contributed by atoms with E-state index in [4.69, 9.17) is 4.74 Å². The summed E-state index contributed by atoms with van der Waals surface area (Å²) in [5.74, 6) is -0.383. The number of carbonyl (C=O) groups excluding carboxylic acids is 1. The summed E-state index contributed by atoms with van der Waals surface area (Å²) >= 11 is 0. The summed E-state index contributed by atoms with van der Waals surface area (Å²) in [7, 11) is 0. The van der Waals surface area contributed by atoms with Crippen molar-refractivity contribution in [2.45, 2.75) is 32.2 Å². The molecule has 5 heteroatoms. The fraction of sp³-hybridized carbons (Fsp3) is 0.222. The van der Waals surface area contributed by atoms with Crippen molar-refractivity contribution in [3.8, 4) is 23.4 Å². The molecule has 2 aromatic carbocycles. The molecular weight excluding hydrogens is 398 g/mol. The number of hydrogen-bond donors (Lipinski definition) is 0. The fourth-order valence-corrected chi connectivity index (χ4v) is 3.81. The molecule has 0 fully saturated rings. The number of esters is 1. The number of ether oxygens (including phenoxy) is 1. The molecule has 5 nitrogen and oxygen atoms in total. The number of allylic oxidation sites excluding steroid dienone is 1. The third kappa shape index (κ3) is 5.33. The fourth-order valence-electron chi connectivity index (χ4n) is 3.81. The Bertz CT molecular complexity index is 1190. The average Bonchev–Trinajstić information content (AvgIpc) is 3.15. The monoisotopic (exact) mass is 423 g/mol. The number of rotatable bonds is 10. The highest BCUT2D eigenvalue weighted by Gasteiger charge is 2.17. The molecule has 0 radical (unpaired) electrons. The molecular formula is C27H25N3O2. The second-order valence-corrected chi connectivity index (χ2v) is 7.36. The number of hydrogen-bond acceptors (Lipinski definition) is 4. The number of para-hydroxylation sites is 1. The summed E-state index contributed by atoms with van der Waals surface area (Å²) in [5.41, 5.74) is 4.10. The van der Waals surface area contributed by atoms with E-state index in [1.807, 2.05) is 48.5 Å². The Morgan fingerprint density at radius 1 is 0.969 bits per heavy atom. The highest BCUT2D eigenvalue weighted by molar-refractivity contribution is 5.98. The van der Waals surface area contributed by atoms with Crippen molar-refractivity contribution >= 4 is 22.9 Å². The molecule has 0 aliphatic carbocycles. The van der Waals surface area contributed by atoms with Crippen molar-refractivity contribution in [1.82, 2.24) is 4.57 Å². The quantitative estimate of drug-likeness (QED) is 0.173. The maximum atomic E-state index is 11.1. The summed E-state index contributed by atoms with van der Waals surface area (Å²) in [6.45, 7) is 4.61. The van der Waals surface area contributed by atoms with Crippen molar-refractivity contribution in [2.24, 2.45) is 0 Å². The lowest BCUT2D eigenvalue weighted by molar-refractivity contribution is -0.137. The Labute approximate surface area is 188 Å². The summed E-state index contributed by atoms with van der Waals surface area (Å²) in [4.78, 5) is 11.1. The first kappa shape index (κ1) is 22.6. The molecule has 0 unspecified atom stereocenters. The Kier molecular flexibility index (Phi) is 8.01. The molecule has 0 amide bonds. The second-order valence-electron chi connectivity index (χ2n) is 7.36. The lowest BCUT2D eigenvalue weighted by atomic mass is 10.0. The van der Waals surface area contributed by atoms with Gasteiger partial charge >= 0.3 is 5.97 Å². The van der Waals surface area contributed by atoms with Crippen LogP contribution in [0, 0.1) is 22.7 Å². The predicted molar refractivity (Wildman–Crippen MR) is 126 cm³/mol. The first-order chi connectivity index (χ1) is 15.7. The zero-order valence-corrected chi connectivity index (χ0v) is 18.0. The van der Waals surface area contributed by atoms with Gasteiger partial charge in [-0.2, -0.15) is 10.5 Å². The number of carbonyl (C=O) groups is 1. The predicted octanol–water partition coefficient (Wildman–Crippen LogP) is 6.03. The van der Waals surface area contributed by atoms with Gasteiger partial charge in [-0.15, -0.1) is 0 Å². The molecule has 0 N–H and O–H groups in total. The van der Waals surface area contributed by atoms with Crippen LogP contribution in [0.3, 0.4) is 0 Å². The van der Waals surface area contributed by atoms with Gasteiger partial charge in [-0.05, 0) is 37.0 Å². The third-order valence-electron chi connectivity index (χ3n) is 5.27. The number of aryl methyl sites for hydroxylation is 1. The summed E-state index contributed by atoms with van der Waals surface area (Å²) in [6, 6.07) is 22.1. The molecule has 3 rings (SSSR count). The van der Waals surface area contributed by atoms with E-state index < -0.39 is 0 Å². The van der Waals surface area contributed by atoms with Gasteiger partial charge in [0.05, 0.1) is 12.3 Å². The SMILES string of the molecule is C=CC(=O)OCCCCCCn1c(-c2ccccc2)c(C=C(C#N)C#N)c2ccccc21. The van der Waals surface area contributed by atoms with Crippen LogP contribution < -0.4 is 0 Å². The zero-order chi connectivity index (χ0) is 22.8. The minimum absolute atomic E-state index is 0.0826. The maximum Gasteiger partial charge on any atom is 0.330 e. The summed E-state index contributed by atoms with van der Waals surface area (Å²) in [6.07, 6.45) is 6.61. The molecule has 160 valence electrons. The molecule has 0 spiro atoms. The van der Waals surface area contributed by atoms with Gasteiger partial charge < -0.3 is 9.30 Å². The highest BCUT2D eigenvalue weighted by atomic mass is 16.5. The van der Waals surface area contributed by atoms with Crippen molar-refractivity contribution in [2.75, 3.05) is 6.61 Å². The maximum absolute atomic E-state index is 11.1. The van der Waals surface area contributed by atoms with Crippen LogP contribution in [0.1, 0.15) is 31.2 Å². The van der Waals surface area contributed by atoms with Gasteiger partial charge in [0.25, 0.3) is 0 Å². The minimum Gasteiger partial charge on any atom is -0.463 e. The van der Waals surface area contributed by atoms with Gasteiger partial charge in [0.2, 0.25) is 0 Å². The minimum atomic E-state index is -0.383. The Hall–Kier alpha value is -4.09. The zero-order valence-electron chi connectivity index (χ0n) is 18.0. The van der Waals surface area contributed by atoms with Crippen LogP contribution in [0.4, 0.5) is 0 Å². The van der Waals surface area contributed by atoms with Gasteiger partial charge in [-0.25, -0.2) is 4.79 Å². The van der Waals surface area contributed by atoms with E-state index in [1.54, 1.807) is 6.08 Å². The number of benzene rings is 2. The molecule has 0 aliphatic heterocycles. The van der Waals surface area contributed by atoms with Crippen LogP contribution in [-0.2, 0) is 16.1 Å². The smallest absolute Gasteiger partial charge is 0.330 e. The van der Waals surface area contributed by atoms with Crippen LogP contribution in [0.25, 0.3) is 28.2 Å². The Balaban J connectivity index is 1.89. The molecule has 1 aromatic heterocycles. The van der Waals surface area contributed by atoms with E-state index in [0.717, 1.165) is 60.0 Å². The van der Waals surface area contributed by atoms with Crippen LogP contribution in [0.2, 0.25) is 0 Å². The molecule has 0 saturated heterocycles. The molecule has 1 heterocycles. The number of nitriles is 2. The van der Waals surface area contributed by atoms with Crippen LogP contribution in [0.5, 0.6) is 0 Å². The van der Waals surface area contributed by atoms with Gasteiger partial charge in [0, 0.05) is 29.1 Å². The van der Waals surface area contributed by atoms with Crippen LogP contribution in [-0.4, -0.2) is 17.1 Å². The Morgan fingerprint density at radius 2 is 1.66 bits per heavy atom. The van der Waals surface area contributed by atoms with Crippen molar-refractivity contribution in [3.63, 3.8) is 0 Å². The molecule has 3 aromatic rings. The summed E-state index contributed by atoms with van der Waals surface area (Å²) in [5, 5.41) is 19.7. The van der Waals surface area contributed by atoms with Gasteiger partial charge in [-0.3, -0.25) is 0 Å². The first-order valence-corrected chi connectivity index (χ1v) is 10.7. The highest BCUT2D eigenvalue weighted by Crippen LogP contribution is 2.35. The molecule has 0 saturated carbocycles. The standard InChI is InChI=1S/C27H25N3O2/c1-2-26(31)32-17-11-4-3-10-16-30-25-15-9-8-14-23(25)24(18-21(19-28)20-29)27(30)22-12-6-5-7-13-22/h2,5-9,12-15,18H,1,3-4,10-11,16-17H2. The van der Waals surface area contributed by atoms with E-state index in [2.05, 4.69) is 29.3 Å². The van der Waals surface area contributed by atoms with Crippen LogP contribution in [0.15, 0.2) is 72.8 Å². The lowest BCUT2D eigenvalue weighted by Crippen LogP contribution is -2.03. The van der Waals surface area contributed by atoms with E-state index in [0.29, 0.717) is 6.61 Å². The second kappa shape index (κ2) is 11.3. The lowest BCUT2D eigenvalue weighted by Gasteiger charge is -2.12. The number of unbranched alkanes of at least 4 members (excludes halogenated alkanes) is 3.